The Morgan fingerprint density at radius 3 is 3.00 bits per heavy atom. The Balaban J connectivity index is 2.19. The SMILES string of the molecule is Cc1cc(N2CCCC2CO)c2cc([N+](=O)[O-])ccc2n1. The Kier molecular flexibility index (Phi) is 3.47. The maximum absolute atomic E-state index is 11.0. The largest absolute Gasteiger partial charge is 0.394 e. The average molecular weight is 287 g/mol. The summed E-state index contributed by atoms with van der Waals surface area (Å²) in [6, 6.07) is 6.76. The zero-order valence-corrected chi connectivity index (χ0v) is 11.8. The zero-order chi connectivity index (χ0) is 15.0. The van der Waals surface area contributed by atoms with Crippen LogP contribution < -0.4 is 4.90 Å². The molecule has 0 amide bonds. The number of non-ortho nitro benzene ring substituents is 1. The van der Waals surface area contributed by atoms with Gasteiger partial charge in [0.1, 0.15) is 0 Å². The number of anilines is 1. The van der Waals surface area contributed by atoms with Crippen molar-refractivity contribution in [1.29, 1.82) is 0 Å². The van der Waals surface area contributed by atoms with E-state index in [1.54, 1.807) is 12.1 Å². The van der Waals surface area contributed by atoms with Crippen molar-refractivity contribution in [2.45, 2.75) is 25.8 Å². The Morgan fingerprint density at radius 1 is 1.48 bits per heavy atom. The monoisotopic (exact) mass is 287 g/mol. The first-order valence-electron chi connectivity index (χ1n) is 7.03. The van der Waals surface area contributed by atoms with E-state index in [2.05, 4.69) is 9.88 Å². The molecular weight excluding hydrogens is 270 g/mol. The van der Waals surface area contributed by atoms with E-state index in [1.807, 2.05) is 13.0 Å². The van der Waals surface area contributed by atoms with Gasteiger partial charge < -0.3 is 10.0 Å². The summed E-state index contributed by atoms with van der Waals surface area (Å²) in [6.07, 6.45) is 1.96. The molecule has 1 atom stereocenters. The Hall–Kier alpha value is -2.21. The first-order chi connectivity index (χ1) is 10.1. The number of nitrogens with zero attached hydrogens (tertiary/aromatic N) is 3. The molecule has 0 bridgehead atoms. The minimum atomic E-state index is -0.392. The summed E-state index contributed by atoms with van der Waals surface area (Å²) >= 11 is 0. The van der Waals surface area contributed by atoms with Gasteiger partial charge >= 0.3 is 0 Å². The predicted octanol–water partition coefficient (Wildman–Crippen LogP) is 2.41. The number of aliphatic hydroxyl groups is 1. The van der Waals surface area contributed by atoms with E-state index in [0.29, 0.717) is 0 Å². The minimum absolute atomic E-state index is 0.0640. The maximum Gasteiger partial charge on any atom is 0.270 e. The van der Waals surface area contributed by atoms with Crippen molar-refractivity contribution in [2.75, 3.05) is 18.1 Å². The van der Waals surface area contributed by atoms with Gasteiger partial charge in [-0.2, -0.15) is 0 Å². The summed E-state index contributed by atoms with van der Waals surface area (Å²) in [5.41, 5.74) is 2.61. The van der Waals surface area contributed by atoms with Crippen molar-refractivity contribution in [2.24, 2.45) is 0 Å². The normalized spacial score (nSPS) is 18.4. The highest BCUT2D eigenvalue weighted by Crippen LogP contribution is 2.34. The second kappa shape index (κ2) is 5.29. The third kappa shape index (κ3) is 2.42. The van der Waals surface area contributed by atoms with Crippen LogP contribution in [0.3, 0.4) is 0 Å². The van der Waals surface area contributed by atoms with E-state index in [1.165, 1.54) is 6.07 Å². The van der Waals surface area contributed by atoms with Crippen LogP contribution in [0.2, 0.25) is 0 Å². The lowest BCUT2D eigenvalue weighted by atomic mass is 10.1. The number of benzene rings is 1. The van der Waals surface area contributed by atoms with Gasteiger partial charge in [0, 0.05) is 35.4 Å². The van der Waals surface area contributed by atoms with Crippen LogP contribution in [0.15, 0.2) is 24.3 Å². The van der Waals surface area contributed by atoms with Gasteiger partial charge in [0.2, 0.25) is 0 Å². The predicted molar refractivity (Wildman–Crippen MR) is 80.6 cm³/mol. The smallest absolute Gasteiger partial charge is 0.270 e. The van der Waals surface area contributed by atoms with Crippen LogP contribution in [0, 0.1) is 17.0 Å². The van der Waals surface area contributed by atoms with Crippen LogP contribution >= 0.6 is 0 Å². The molecular formula is C15H17N3O3. The summed E-state index contributed by atoms with van der Waals surface area (Å²) < 4.78 is 0. The summed E-state index contributed by atoms with van der Waals surface area (Å²) in [5, 5.41) is 21.3. The van der Waals surface area contributed by atoms with Gasteiger partial charge in [0.15, 0.2) is 0 Å². The molecule has 6 nitrogen and oxygen atoms in total. The lowest BCUT2D eigenvalue weighted by molar-refractivity contribution is -0.384. The number of fused-ring (bicyclic) bond motifs is 1. The number of rotatable bonds is 3. The molecule has 1 aromatic carbocycles. The van der Waals surface area contributed by atoms with E-state index in [9.17, 15) is 15.2 Å². The minimum Gasteiger partial charge on any atom is -0.394 e. The number of hydrogen-bond donors (Lipinski definition) is 1. The van der Waals surface area contributed by atoms with Gasteiger partial charge in [-0.25, -0.2) is 0 Å². The molecule has 1 aliphatic rings. The summed E-state index contributed by atoms with van der Waals surface area (Å²) in [6.45, 7) is 2.86. The number of aromatic nitrogens is 1. The Morgan fingerprint density at radius 2 is 2.29 bits per heavy atom. The van der Waals surface area contributed by atoms with E-state index >= 15 is 0 Å². The third-order valence-electron chi connectivity index (χ3n) is 4.01. The fraction of sp³-hybridized carbons (Fsp3) is 0.400. The summed E-state index contributed by atoms with van der Waals surface area (Å²) in [4.78, 5) is 17.2. The highest BCUT2D eigenvalue weighted by Gasteiger charge is 2.26. The van der Waals surface area contributed by atoms with Crippen molar-refractivity contribution < 1.29 is 10.0 Å². The van der Waals surface area contributed by atoms with E-state index in [4.69, 9.17) is 0 Å². The van der Waals surface area contributed by atoms with Gasteiger partial charge in [0.05, 0.1) is 23.1 Å². The number of hydrogen-bond acceptors (Lipinski definition) is 5. The fourth-order valence-electron chi connectivity index (χ4n) is 3.02. The van der Waals surface area contributed by atoms with Gasteiger partial charge in [-0.1, -0.05) is 0 Å². The highest BCUT2D eigenvalue weighted by atomic mass is 16.6. The van der Waals surface area contributed by atoms with Crippen LogP contribution in [0.25, 0.3) is 10.9 Å². The van der Waals surface area contributed by atoms with Crippen molar-refractivity contribution in [3.05, 3.63) is 40.1 Å². The number of pyridine rings is 1. The number of aryl methyl sites for hydroxylation is 1. The number of aliphatic hydroxyl groups excluding tert-OH is 1. The molecule has 0 saturated carbocycles. The summed E-state index contributed by atoms with van der Waals surface area (Å²) in [7, 11) is 0. The lowest BCUT2D eigenvalue weighted by Crippen LogP contribution is -2.32. The van der Waals surface area contributed by atoms with Gasteiger partial charge in [-0.3, -0.25) is 15.1 Å². The zero-order valence-electron chi connectivity index (χ0n) is 11.8. The Labute approximate surface area is 122 Å². The van der Waals surface area contributed by atoms with Crippen LogP contribution in [0.4, 0.5) is 11.4 Å². The lowest BCUT2D eigenvalue weighted by Gasteiger charge is -2.26. The molecule has 6 heteroatoms. The van der Waals surface area contributed by atoms with Crippen molar-refractivity contribution in [3.63, 3.8) is 0 Å². The highest BCUT2D eigenvalue weighted by molar-refractivity contribution is 5.93. The molecule has 3 rings (SSSR count). The quantitative estimate of drug-likeness (QED) is 0.692. The van der Waals surface area contributed by atoms with Gasteiger partial charge in [0.25, 0.3) is 5.69 Å². The van der Waals surface area contributed by atoms with Gasteiger partial charge in [-0.05, 0) is 31.9 Å². The summed E-state index contributed by atoms with van der Waals surface area (Å²) in [5.74, 6) is 0. The maximum atomic E-state index is 11.0. The molecule has 110 valence electrons. The molecule has 1 aromatic heterocycles. The molecule has 1 N–H and O–H groups in total. The topological polar surface area (TPSA) is 79.5 Å². The van der Waals surface area contributed by atoms with Gasteiger partial charge in [-0.15, -0.1) is 0 Å². The van der Waals surface area contributed by atoms with Crippen molar-refractivity contribution in [1.82, 2.24) is 4.98 Å². The molecule has 1 aliphatic heterocycles. The molecule has 1 fully saturated rings. The first kappa shape index (κ1) is 13.8. The number of nitro benzene ring substituents is 1. The second-order valence-electron chi connectivity index (χ2n) is 5.41. The van der Waals surface area contributed by atoms with Crippen molar-refractivity contribution in [3.8, 4) is 0 Å². The third-order valence-corrected chi connectivity index (χ3v) is 4.01. The average Bonchev–Trinajstić information content (AvgIpc) is 2.94. The molecule has 1 unspecified atom stereocenters. The van der Waals surface area contributed by atoms with E-state index in [-0.39, 0.29) is 18.3 Å². The molecule has 0 radical (unpaired) electrons. The fourth-order valence-corrected chi connectivity index (χ4v) is 3.02. The van der Waals surface area contributed by atoms with E-state index in [0.717, 1.165) is 41.7 Å². The van der Waals surface area contributed by atoms with Crippen molar-refractivity contribution >= 4 is 22.3 Å². The molecule has 2 heterocycles. The molecule has 21 heavy (non-hydrogen) atoms. The molecule has 1 saturated heterocycles. The first-order valence-corrected chi connectivity index (χ1v) is 7.03. The molecule has 2 aromatic rings. The number of nitro groups is 1. The Bertz CT molecular complexity index is 702. The van der Waals surface area contributed by atoms with E-state index < -0.39 is 4.92 Å². The van der Waals surface area contributed by atoms with Crippen LogP contribution in [0.5, 0.6) is 0 Å². The molecule has 0 aliphatic carbocycles. The van der Waals surface area contributed by atoms with Crippen LogP contribution in [-0.4, -0.2) is 34.2 Å². The second-order valence-corrected chi connectivity index (χ2v) is 5.41. The molecule has 0 spiro atoms. The van der Waals surface area contributed by atoms with Crippen LogP contribution in [-0.2, 0) is 0 Å². The van der Waals surface area contributed by atoms with Crippen LogP contribution in [0.1, 0.15) is 18.5 Å². The standard InChI is InChI=1S/C15H17N3O3/c1-10-7-15(17-6-2-3-12(17)9-19)13-8-11(18(20)21)4-5-14(13)16-10/h4-5,7-8,12,19H,2-3,6,9H2,1H3.